The molecule has 0 heterocycles. The van der Waals surface area contributed by atoms with Crippen LogP contribution in [0.1, 0.15) is 33.6 Å². The first-order valence-corrected chi connectivity index (χ1v) is 5.85. The molecule has 1 atom stereocenters. The number of aliphatic hydroxyl groups excluding tert-OH is 1. The highest BCUT2D eigenvalue weighted by Gasteiger charge is 2.00. The average molecular weight is 202 g/mol. The molecule has 0 saturated heterocycles. The van der Waals surface area contributed by atoms with E-state index < -0.39 is 0 Å². The van der Waals surface area contributed by atoms with Gasteiger partial charge in [-0.05, 0) is 32.5 Å². The van der Waals surface area contributed by atoms with Crippen LogP contribution in [0.3, 0.4) is 0 Å². The molecule has 0 spiro atoms. The topological polar surface area (TPSA) is 35.5 Å². The molecule has 86 valence electrons. The number of hydrogen-bond acceptors (Lipinski definition) is 3. The number of rotatable bonds is 9. The van der Waals surface area contributed by atoms with Crippen molar-refractivity contribution < 1.29 is 5.11 Å². The van der Waals surface area contributed by atoms with Gasteiger partial charge in [-0.1, -0.05) is 20.8 Å². The second-order valence-corrected chi connectivity index (χ2v) is 3.63. The SMILES string of the molecule is CCC(O)CCNCCN(CC)CC. The fraction of sp³-hybridized carbons (Fsp3) is 1.00. The van der Waals surface area contributed by atoms with Gasteiger partial charge in [0.2, 0.25) is 0 Å². The Balaban J connectivity index is 3.20. The lowest BCUT2D eigenvalue weighted by atomic mass is 10.2. The van der Waals surface area contributed by atoms with Gasteiger partial charge < -0.3 is 15.3 Å². The number of aliphatic hydroxyl groups is 1. The van der Waals surface area contributed by atoms with Crippen LogP contribution in [0.4, 0.5) is 0 Å². The molecule has 0 fully saturated rings. The lowest BCUT2D eigenvalue weighted by Gasteiger charge is -2.18. The van der Waals surface area contributed by atoms with Crippen molar-refractivity contribution in [2.75, 3.05) is 32.7 Å². The van der Waals surface area contributed by atoms with Crippen molar-refractivity contribution in [3.8, 4) is 0 Å². The van der Waals surface area contributed by atoms with E-state index in [0.29, 0.717) is 0 Å². The molecule has 0 amide bonds. The van der Waals surface area contributed by atoms with Gasteiger partial charge >= 0.3 is 0 Å². The molecule has 0 saturated carbocycles. The maximum atomic E-state index is 9.31. The van der Waals surface area contributed by atoms with Crippen LogP contribution in [-0.2, 0) is 0 Å². The number of hydrogen-bond donors (Lipinski definition) is 2. The minimum atomic E-state index is -0.129. The van der Waals surface area contributed by atoms with Gasteiger partial charge in [0.05, 0.1) is 6.10 Å². The predicted molar refractivity (Wildman–Crippen MR) is 61.6 cm³/mol. The van der Waals surface area contributed by atoms with E-state index in [1.54, 1.807) is 0 Å². The summed E-state index contributed by atoms with van der Waals surface area (Å²) in [5, 5.41) is 12.7. The molecule has 2 N–H and O–H groups in total. The molecule has 0 aliphatic carbocycles. The molecule has 0 radical (unpaired) electrons. The summed E-state index contributed by atoms with van der Waals surface area (Å²) in [6.45, 7) is 11.7. The van der Waals surface area contributed by atoms with Crippen LogP contribution in [0.25, 0.3) is 0 Å². The van der Waals surface area contributed by atoms with E-state index in [9.17, 15) is 5.11 Å². The van der Waals surface area contributed by atoms with Crippen molar-refractivity contribution in [2.45, 2.75) is 39.7 Å². The van der Waals surface area contributed by atoms with E-state index in [0.717, 1.165) is 45.6 Å². The Kier molecular flexibility index (Phi) is 9.35. The molecule has 0 aliphatic heterocycles. The Hall–Kier alpha value is -0.120. The summed E-state index contributed by atoms with van der Waals surface area (Å²) in [6.07, 6.45) is 1.60. The Bertz CT molecular complexity index is 116. The van der Waals surface area contributed by atoms with Crippen molar-refractivity contribution in [1.82, 2.24) is 10.2 Å². The van der Waals surface area contributed by atoms with Crippen LogP contribution in [0.5, 0.6) is 0 Å². The van der Waals surface area contributed by atoms with Gasteiger partial charge in [0, 0.05) is 13.1 Å². The molecule has 0 aromatic heterocycles. The molecule has 3 heteroatoms. The van der Waals surface area contributed by atoms with Crippen LogP contribution in [0.15, 0.2) is 0 Å². The Morgan fingerprint density at radius 2 is 1.79 bits per heavy atom. The van der Waals surface area contributed by atoms with Crippen LogP contribution in [0, 0.1) is 0 Å². The van der Waals surface area contributed by atoms with E-state index >= 15 is 0 Å². The summed E-state index contributed by atoms with van der Waals surface area (Å²) in [5.41, 5.74) is 0. The zero-order valence-electron chi connectivity index (χ0n) is 9.92. The van der Waals surface area contributed by atoms with Crippen LogP contribution < -0.4 is 5.32 Å². The summed E-state index contributed by atoms with van der Waals surface area (Å²) >= 11 is 0. The minimum absolute atomic E-state index is 0.129. The van der Waals surface area contributed by atoms with Crippen molar-refractivity contribution in [1.29, 1.82) is 0 Å². The Morgan fingerprint density at radius 3 is 2.29 bits per heavy atom. The van der Waals surface area contributed by atoms with Gasteiger partial charge in [0.25, 0.3) is 0 Å². The lowest BCUT2D eigenvalue weighted by molar-refractivity contribution is 0.159. The largest absolute Gasteiger partial charge is 0.393 e. The van der Waals surface area contributed by atoms with Gasteiger partial charge in [-0.2, -0.15) is 0 Å². The highest BCUT2D eigenvalue weighted by atomic mass is 16.3. The van der Waals surface area contributed by atoms with E-state index in [-0.39, 0.29) is 6.10 Å². The van der Waals surface area contributed by atoms with Gasteiger partial charge in [0.1, 0.15) is 0 Å². The van der Waals surface area contributed by atoms with E-state index in [2.05, 4.69) is 24.1 Å². The number of nitrogens with zero attached hydrogens (tertiary/aromatic N) is 1. The second kappa shape index (κ2) is 9.44. The maximum Gasteiger partial charge on any atom is 0.0549 e. The lowest BCUT2D eigenvalue weighted by Crippen LogP contribution is -2.32. The van der Waals surface area contributed by atoms with Gasteiger partial charge in [-0.15, -0.1) is 0 Å². The van der Waals surface area contributed by atoms with Gasteiger partial charge in [-0.25, -0.2) is 0 Å². The maximum absolute atomic E-state index is 9.31. The average Bonchev–Trinajstić information content (AvgIpc) is 2.23. The third-order valence-corrected chi connectivity index (χ3v) is 2.62. The van der Waals surface area contributed by atoms with Crippen LogP contribution >= 0.6 is 0 Å². The quantitative estimate of drug-likeness (QED) is 0.549. The first kappa shape index (κ1) is 13.9. The van der Waals surface area contributed by atoms with Gasteiger partial charge in [-0.3, -0.25) is 0 Å². The summed E-state index contributed by atoms with van der Waals surface area (Å²) in [6, 6.07) is 0. The molecule has 1 unspecified atom stereocenters. The number of likely N-dealkylation sites (N-methyl/N-ethyl adjacent to an activating group) is 1. The molecule has 3 nitrogen and oxygen atoms in total. The Morgan fingerprint density at radius 1 is 1.14 bits per heavy atom. The second-order valence-electron chi connectivity index (χ2n) is 3.63. The molecular weight excluding hydrogens is 176 g/mol. The first-order chi connectivity index (χ1) is 6.74. The van der Waals surface area contributed by atoms with Crippen molar-refractivity contribution in [2.24, 2.45) is 0 Å². The van der Waals surface area contributed by atoms with Crippen LogP contribution in [0.2, 0.25) is 0 Å². The molecule has 0 bridgehead atoms. The van der Waals surface area contributed by atoms with Crippen molar-refractivity contribution in [3.63, 3.8) is 0 Å². The summed E-state index contributed by atoms with van der Waals surface area (Å²) in [4.78, 5) is 2.39. The first-order valence-electron chi connectivity index (χ1n) is 5.85. The fourth-order valence-electron chi connectivity index (χ4n) is 1.37. The van der Waals surface area contributed by atoms with Gasteiger partial charge in [0.15, 0.2) is 0 Å². The molecular formula is C11H26N2O. The minimum Gasteiger partial charge on any atom is -0.393 e. The molecule has 14 heavy (non-hydrogen) atoms. The Labute approximate surface area is 88.5 Å². The third kappa shape index (κ3) is 7.30. The smallest absolute Gasteiger partial charge is 0.0549 e. The molecule has 0 aliphatic rings. The number of nitrogens with one attached hydrogen (secondary N) is 1. The predicted octanol–water partition coefficient (Wildman–Crippen LogP) is 1.08. The van der Waals surface area contributed by atoms with Crippen molar-refractivity contribution in [3.05, 3.63) is 0 Å². The summed E-state index contributed by atoms with van der Waals surface area (Å²) < 4.78 is 0. The van der Waals surface area contributed by atoms with E-state index in [1.165, 1.54) is 0 Å². The molecule has 0 aromatic rings. The normalized spacial score (nSPS) is 13.5. The monoisotopic (exact) mass is 202 g/mol. The van der Waals surface area contributed by atoms with Crippen molar-refractivity contribution >= 4 is 0 Å². The highest BCUT2D eigenvalue weighted by molar-refractivity contribution is 4.58. The third-order valence-electron chi connectivity index (χ3n) is 2.62. The van der Waals surface area contributed by atoms with Crippen LogP contribution in [-0.4, -0.2) is 48.8 Å². The summed E-state index contributed by atoms with van der Waals surface area (Å²) in [7, 11) is 0. The zero-order chi connectivity index (χ0) is 10.8. The highest BCUT2D eigenvalue weighted by Crippen LogP contribution is 1.94. The standard InChI is InChI=1S/C11H26N2O/c1-4-11(14)7-8-12-9-10-13(5-2)6-3/h11-12,14H,4-10H2,1-3H3. The molecule has 0 rings (SSSR count). The van der Waals surface area contributed by atoms with E-state index in [4.69, 9.17) is 0 Å². The molecule has 0 aromatic carbocycles. The fourth-order valence-corrected chi connectivity index (χ4v) is 1.37. The summed E-state index contributed by atoms with van der Waals surface area (Å²) in [5.74, 6) is 0. The zero-order valence-corrected chi connectivity index (χ0v) is 9.92. The van der Waals surface area contributed by atoms with E-state index in [1.807, 2.05) is 6.92 Å².